The van der Waals surface area contributed by atoms with Crippen LogP contribution >= 0.6 is 0 Å². The van der Waals surface area contributed by atoms with E-state index in [0.29, 0.717) is 6.04 Å². The molecule has 2 aliphatic heterocycles. The van der Waals surface area contributed by atoms with Crippen LogP contribution in [0.4, 0.5) is 0 Å². The minimum absolute atomic E-state index is 0.701. The lowest BCUT2D eigenvalue weighted by atomic mass is 9.94. The van der Waals surface area contributed by atoms with Gasteiger partial charge in [-0.15, -0.1) is 0 Å². The zero-order chi connectivity index (χ0) is 13.8. The number of likely N-dealkylation sites (tertiary alicyclic amines) is 1. The predicted octanol–water partition coefficient (Wildman–Crippen LogP) is 2.04. The first-order valence-electron chi connectivity index (χ1n) is 8.30. The Bertz CT molecular complexity index is 267. The Morgan fingerprint density at radius 1 is 1.26 bits per heavy atom. The SMILES string of the molecule is CCC(C)C1CN(CC2CCN(C)C2)C(CC)CN1. The molecule has 4 unspecified atom stereocenters. The Labute approximate surface area is 119 Å². The molecule has 3 heteroatoms. The zero-order valence-electron chi connectivity index (χ0n) is 13.4. The van der Waals surface area contributed by atoms with Crippen molar-refractivity contribution < 1.29 is 0 Å². The Morgan fingerprint density at radius 2 is 2.05 bits per heavy atom. The first-order chi connectivity index (χ1) is 9.13. The third kappa shape index (κ3) is 3.93. The van der Waals surface area contributed by atoms with Gasteiger partial charge in [-0.2, -0.15) is 0 Å². The highest BCUT2D eigenvalue weighted by Crippen LogP contribution is 2.22. The van der Waals surface area contributed by atoms with Crippen LogP contribution in [0.15, 0.2) is 0 Å². The lowest BCUT2D eigenvalue weighted by molar-refractivity contribution is 0.0906. The molecule has 2 aliphatic rings. The lowest BCUT2D eigenvalue weighted by Crippen LogP contribution is -2.59. The van der Waals surface area contributed by atoms with Gasteiger partial charge in [-0.3, -0.25) is 4.90 Å². The molecular weight excluding hydrogens is 234 g/mol. The van der Waals surface area contributed by atoms with E-state index in [-0.39, 0.29) is 0 Å². The van der Waals surface area contributed by atoms with Crippen LogP contribution in [0.25, 0.3) is 0 Å². The summed E-state index contributed by atoms with van der Waals surface area (Å²) >= 11 is 0. The van der Waals surface area contributed by atoms with E-state index in [1.54, 1.807) is 0 Å². The molecule has 0 aromatic heterocycles. The van der Waals surface area contributed by atoms with Crippen LogP contribution in [0.2, 0.25) is 0 Å². The second-order valence-corrected chi connectivity index (χ2v) is 6.83. The highest BCUT2D eigenvalue weighted by molar-refractivity contribution is 4.89. The Balaban J connectivity index is 1.90. The molecule has 2 fully saturated rings. The highest BCUT2D eigenvalue weighted by atomic mass is 15.2. The van der Waals surface area contributed by atoms with Crippen molar-refractivity contribution in [2.24, 2.45) is 11.8 Å². The summed E-state index contributed by atoms with van der Waals surface area (Å²) in [6.45, 7) is 13.4. The lowest BCUT2D eigenvalue weighted by Gasteiger charge is -2.43. The highest BCUT2D eigenvalue weighted by Gasteiger charge is 2.31. The summed E-state index contributed by atoms with van der Waals surface area (Å²) in [5.41, 5.74) is 0. The van der Waals surface area contributed by atoms with E-state index >= 15 is 0 Å². The molecule has 0 aliphatic carbocycles. The molecule has 0 radical (unpaired) electrons. The van der Waals surface area contributed by atoms with Gasteiger partial charge in [0.25, 0.3) is 0 Å². The fourth-order valence-electron chi connectivity index (χ4n) is 3.68. The number of nitrogens with one attached hydrogen (secondary N) is 1. The summed E-state index contributed by atoms with van der Waals surface area (Å²) in [5, 5.41) is 3.78. The summed E-state index contributed by atoms with van der Waals surface area (Å²) in [6, 6.07) is 1.46. The van der Waals surface area contributed by atoms with E-state index < -0.39 is 0 Å². The smallest absolute Gasteiger partial charge is 0.0221 e. The molecular formula is C16H33N3. The van der Waals surface area contributed by atoms with E-state index in [1.165, 1.54) is 52.0 Å². The molecule has 3 nitrogen and oxygen atoms in total. The van der Waals surface area contributed by atoms with Crippen LogP contribution < -0.4 is 5.32 Å². The molecule has 0 spiro atoms. The van der Waals surface area contributed by atoms with E-state index in [4.69, 9.17) is 0 Å². The summed E-state index contributed by atoms with van der Waals surface area (Å²) in [5.74, 6) is 1.70. The van der Waals surface area contributed by atoms with Gasteiger partial charge < -0.3 is 10.2 Å². The molecule has 2 saturated heterocycles. The van der Waals surface area contributed by atoms with Gasteiger partial charge in [-0.25, -0.2) is 0 Å². The quantitative estimate of drug-likeness (QED) is 0.822. The first kappa shape index (κ1) is 15.3. The van der Waals surface area contributed by atoms with E-state index in [2.05, 4.69) is 42.9 Å². The molecule has 0 amide bonds. The molecule has 2 heterocycles. The normalized spacial score (nSPS) is 35.7. The van der Waals surface area contributed by atoms with Crippen molar-refractivity contribution in [1.29, 1.82) is 0 Å². The van der Waals surface area contributed by atoms with Gasteiger partial charge in [0.2, 0.25) is 0 Å². The first-order valence-corrected chi connectivity index (χ1v) is 8.30. The van der Waals surface area contributed by atoms with Crippen molar-refractivity contribution in [3.63, 3.8) is 0 Å². The standard InChI is InChI=1S/C16H33N3/c1-5-13(3)16-12-19(15(6-2)9-17-16)11-14-7-8-18(4)10-14/h13-17H,5-12H2,1-4H3. The number of rotatable bonds is 5. The van der Waals surface area contributed by atoms with Crippen molar-refractivity contribution in [3.05, 3.63) is 0 Å². The maximum absolute atomic E-state index is 3.78. The topological polar surface area (TPSA) is 18.5 Å². The summed E-state index contributed by atoms with van der Waals surface area (Å²) in [7, 11) is 2.26. The van der Waals surface area contributed by atoms with E-state index in [0.717, 1.165) is 17.9 Å². The molecule has 4 atom stereocenters. The van der Waals surface area contributed by atoms with Gasteiger partial charge in [0.1, 0.15) is 0 Å². The minimum Gasteiger partial charge on any atom is -0.311 e. The largest absolute Gasteiger partial charge is 0.311 e. The Kier molecular flexibility index (Phi) is 5.67. The molecule has 19 heavy (non-hydrogen) atoms. The second kappa shape index (κ2) is 7.05. The van der Waals surface area contributed by atoms with Crippen LogP contribution in [0, 0.1) is 11.8 Å². The van der Waals surface area contributed by atoms with Gasteiger partial charge in [0, 0.05) is 38.3 Å². The maximum Gasteiger partial charge on any atom is 0.0221 e. The molecule has 0 aromatic rings. The van der Waals surface area contributed by atoms with Gasteiger partial charge in [-0.05, 0) is 38.3 Å². The zero-order valence-corrected chi connectivity index (χ0v) is 13.4. The van der Waals surface area contributed by atoms with Crippen LogP contribution in [0.3, 0.4) is 0 Å². The molecule has 2 rings (SSSR count). The Hall–Kier alpha value is -0.120. The summed E-state index contributed by atoms with van der Waals surface area (Å²) in [4.78, 5) is 5.27. The number of piperazine rings is 1. The van der Waals surface area contributed by atoms with Crippen molar-refractivity contribution in [1.82, 2.24) is 15.1 Å². The van der Waals surface area contributed by atoms with Crippen molar-refractivity contribution in [2.75, 3.05) is 39.8 Å². The number of hydrogen-bond acceptors (Lipinski definition) is 3. The van der Waals surface area contributed by atoms with Gasteiger partial charge in [0.05, 0.1) is 0 Å². The van der Waals surface area contributed by atoms with Crippen LogP contribution in [0.5, 0.6) is 0 Å². The minimum atomic E-state index is 0.701. The predicted molar refractivity (Wildman–Crippen MR) is 82.5 cm³/mol. The maximum atomic E-state index is 3.78. The van der Waals surface area contributed by atoms with Crippen LogP contribution in [0.1, 0.15) is 40.0 Å². The summed E-state index contributed by atoms with van der Waals surface area (Å²) < 4.78 is 0. The van der Waals surface area contributed by atoms with E-state index in [1.807, 2.05) is 0 Å². The fraction of sp³-hybridized carbons (Fsp3) is 1.00. The average molecular weight is 267 g/mol. The third-order valence-corrected chi connectivity index (χ3v) is 5.35. The summed E-state index contributed by atoms with van der Waals surface area (Å²) in [6.07, 6.45) is 3.96. The van der Waals surface area contributed by atoms with E-state index in [9.17, 15) is 0 Å². The Morgan fingerprint density at radius 3 is 2.63 bits per heavy atom. The van der Waals surface area contributed by atoms with Crippen molar-refractivity contribution in [2.45, 2.75) is 52.1 Å². The molecule has 1 N–H and O–H groups in total. The molecule has 0 bridgehead atoms. The van der Waals surface area contributed by atoms with Crippen molar-refractivity contribution in [3.8, 4) is 0 Å². The van der Waals surface area contributed by atoms with Gasteiger partial charge in [0.15, 0.2) is 0 Å². The average Bonchev–Trinajstić information content (AvgIpc) is 2.83. The fourth-order valence-corrected chi connectivity index (χ4v) is 3.68. The molecule has 0 saturated carbocycles. The number of hydrogen-bond donors (Lipinski definition) is 1. The van der Waals surface area contributed by atoms with Crippen LogP contribution in [-0.2, 0) is 0 Å². The monoisotopic (exact) mass is 267 g/mol. The van der Waals surface area contributed by atoms with Crippen molar-refractivity contribution >= 4 is 0 Å². The third-order valence-electron chi connectivity index (χ3n) is 5.35. The van der Waals surface area contributed by atoms with Gasteiger partial charge in [-0.1, -0.05) is 27.2 Å². The number of nitrogens with zero attached hydrogens (tertiary/aromatic N) is 2. The van der Waals surface area contributed by atoms with Crippen LogP contribution in [-0.4, -0.2) is 61.7 Å². The molecule has 112 valence electrons. The molecule has 0 aromatic carbocycles. The second-order valence-electron chi connectivity index (χ2n) is 6.83. The van der Waals surface area contributed by atoms with Gasteiger partial charge >= 0.3 is 0 Å².